The van der Waals surface area contributed by atoms with E-state index in [1.165, 1.54) is 0 Å². The summed E-state index contributed by atoms with van der Waals surface area (Å²) in [6, 6.07) is 0. The van der Waals surface area contributed by atoms with Gasteiger partial charge in [-0.05, 0) is 54.4 Å². The zero-order chi connectivity index (χ0) is 17.5. The molecule has 2 bridgehead atoms. The van der Waals surface area contributed by atoms with Gasteiger partial charge in [-0.15, -0.1) is 0 Å². The Hall–Kier alpha value is -0.420. The first-order chi connectivity index (χ1) is 11.1. The molecule has 4 rings (SSSR count). The zero-order valence-electron chi connectivity index (χ0n) is 15.1. The van der Waals surface area contributed by atoms with Gasteiger partial charge in [0.25, 0.3) is 0 Å². The fourth-order valence-corrected chi connectivity index (χ4v) is 7.49. The molecule has 24 heavy (non-hydrogen) atoms. The van der Waals surface area contributed by atoms with E-state index in [9.17, 15) is 20.4 Å². The second-order valence-electron chi connectivity index (χ2n) is 9.95. The molecule has 0 heterocycles. The van der Waals surface area contributed by atoms with E-state index in [1.54, 1.807) is 0 Å². The smallest absolute Gasteiger partial charge is 0.0933 e. The summed E-state index contributed by atoms with van der Waals surface area (Å²) < 4.78 is 0. The summed E-state index contributed by atoms with van der Waals surface area (Å²) >= 11 is 0. The topological polar surface area (TPSA) is 80.9 Å². The quantitative estimate of drug-likeness (QED) is 0.552. The van der Waals surface area contributed by atoms with E-state index in [0.717, 1.165) is 37.7 Å². The average Bonchev–Trinajstić information content (AvgIpc) is 2.75. The largest absolute Gasteiger partial charge is 0.393 e. The van der Waals surface area contributed by atoms with Crippen molar-refractivity contribution < 1.29 is 20.4 Å². The first-order valence-corrected chi connectivity index (χ1v) is 9.53. The molecule has 0 aromatic heterocycles. The van der Waals surface area contributed by atoms with Crippen molar-refractivity contribution in [1.82, 2.24) is 0 Å². The summed E-state index contributed by atoms with van der Waals surface area (Å²) in [5.74, 6) is -0.149. The van der Waals surface area contributed by atoms with Crippen molar-refractivity contribution in [3.63, 3.8) is 0 Å². The van der Waals surface area contributed by atoms with Gasteiger partial charge in [-0.1, -0.05) is 33.3 Å². The van der Waals surface area contributed by atoms with Crippen molar-refractivity contribution in [1.29, 1.82) is 0 Å². The van der Waals surface area contributed by atoms with Crippen LogP contribution in [0.3, 0.4) is 0 Å². The Kier molecular flexibility index (Phi) is 3.44. The van der Waals surface area contributed by atoms with Crippen molar-refractivity contribution >= 4 is 0 Å². The highest BCUT2D eigenvalue weighted by Crippen LogP contribution is 2.73. The van der Waals surface area contributed by atoms with E-state index in [1.807, 2.05) is 6.08 Å². The molecule has 0 aromatic rings. The standard InChI is InChI=1S/C20H32O4/c1-17(2)5-4-6-18(3)16(17)14(22)9-12-15(23)13-10-19(12,18)7-8-20(13,24)11-21/h9,13-16,21-24H,4-8,10-11H2,1-3H3. The number of aliphatic hydroxyl groups excluding tert-OH is 3. The maximum absolute atomic E-state index is 11.0. The van der Waals surface area contributed by atoms with Crippen LogP contribution in [-0.4, -0.2) is 44.8 Å². The van der Waals surface area contributed by atoms with E-state index < -0.39 is 17.8 Å². The van der Waals surface area contributed by atoms with Crippen LogP contribution in [0.2, 0.25) is 0 Å². The Bertz CT molecular complexity index is 584. The summed E-state index contributed by atoms with van der Waals surface area (Å²) in [5, 5.41) is 42.5. The fraction of sp³-hybridized carbons (Fsp3) is 0.900. The average molecular weight is 336 g/mol. The van der Waals surface area contributed by atoms with Gasteiger partial charge in [-0.2, -0.15) is 0 Å². The molecule has 136 valence electrons. The second kappa shape index (κ2) is 4.85. The van der Waals surface area contributed by atoms with Crippen LogP contribution < -0.4 is 0 Å². The molecule has 4 aliphatic carbocycles. The molecule has 1 spiro atoms. The third-order valence-electron chi connectivity index (χ3n) is 8.60. The molecular weight excluding hydrogens is 304 g/mol. The Morgan fingerprint density at radius 1 is 1.08 bits per heavy atom. The Labute approximate surface area is 144 Å². The van der Waals surface area contributed by atoms with Crippen molar-refractivity contribution in [3.05, 3.63) is 11.6 Å². The van der Waals surface area contributed by atoms with Crippen LogP contribution >= 0.6 is 0 Å². The van der Waals surface area contributed by atoms with E-state index >= 15 is 0 Å². The summed E-state index contributed by atoms with van der Waals surface area (Å²) in [6.07, 6.45) is 6.00. The van der Waals surface area contributed by atoms with E-state index in [-0.39, 0.29) is 34.7 Å². The minimum Gasteiger partial charge on any atom is -0.393 e. The molecule has 4 nitrogen and oxygen atoms in total. The van der Waals surface area contributed by atoms with E-state index in [4.69, 9.17) is 0 Å². The Balaban J connectivity index is 1.87. The zero-order valence-corrected chi connectivity index (χ0v) is 15.1. The molecule has 3 saturated carbocycles. The normalized spacial score (nSPS) is 55.5. The number of hydrogen-bond acceptors (Lipinski definition) is 4. The third-order valence-corrected chi connectivity index (χ3v) is 8.60. The number of rotatable bonds is 1. The highest BCUT2D eigenvalue weighted by molar-refractivity contribution is 5.39. The maximum Gasteiger partial charge on any atom is 0.0933 e. The van der Waals surface area contributed by atoms with Gasteiger partial charge in [-0.3, -0.25) is 0 Å². The van der Waals surface area contributed by atoms with Crippen LogP contribution in [-0.2, 0) is 0 Å². The summed E-state index contributed by atoms with van der Waals surface area (Å²) in [5.41, 5.74) is -0.383. The van der Waals surface area contributed by atoms with Gasteiger partial charge in [0.15, 0.2) is 0 Å². The molecule has 7 unspecified atom stereocenters. The molecule has 4 N–H and O–H groups in total. The van der Waals surface area contributed by atoms with Crippen molar-refractivity contribution in [2.24, 2.45) is 28.1 Å². The van der Waals surface area contributed by atoms with Crippen molar-refractivity contribution in [2.75, 3.05) is 6.61 Å². The van der Waals surface area contributed by atoms with E-state index in [0.29, 0.717) is 6.42 Å². The monoisotopic (exact) mass is 336 g/mol. The van der Waals surface area contributed by atoms with Crippen molar-refractivity contribution in [2.45, 2.75) is 77.1 Å². The van der Waals surface area contributed by atoms with Gasteiger partial charge >= 0.3 is 0 Å². The molecule has 0 saturated heterocycles. The van der Waals surface area contributed by atoms with Crippen LogP contribution in [0, 0.1) is 28.1 Å². The predicted octanol–water partition coefficient (Wildman–Crippen LogP) is 2.00. The number of hydrogen-bond donors (Lipinski definition) is 4. The van der Waals surface area contributed by atoms with Crippen LogP contribution in [0.5, 0.6) is 0 Å². The predicted molar refractivity (Wildman–Crippen MR) is 91.1 cm³/mol. The minimum absolute atomic E-state index is 0.0647. The first kappa shape index (κ1) is 17.0. The Morgan fingerprint density at radius 2 is 1.79 bits per heavy atom. The van der Waals surface area contributed by atoms with Gasteiger partial charge in [0.1, 0.15) is 0 Å². The minimum atomic E-state index is -1.19. The highest BCUT2D eigenvalue weighted by Gasteiger charge is 2.70. The second-order valence-corrected chi connectivity index (χ2v) is 9.95. The lowest BCUT2D eigenvalue weighted by molar-refractivity contribution is -0.165. The van der Waals surface area contributed by atoms with Gasteiger partial charge in [0.2, 0.25) is 0 Å². The van der Waals surface area contributed by atoms with Crippen LogP contribution in [0.1, 0.15) is 59.3 Å². The first-order valence-electron chi connectivity index (χ1n) is 9.53. The molecule has 7 atom stereocenters. The van der Waals surface area contributed by atoms with Gasteiger partial charge in [0, 0.05) is 11.3 Å². The third kappa shape index (κ3) is 1.78. The fourth-order valence-electron chi connectivity index (χ4n) is 7.49. The Morgan fingerprint density at radius 3 is 2.46 bits per heavy atom. The molecule has 3 fully saturated rings. The number of fused-ring (bicyclic) bond motifs is 2. The van der Waals surface area contributed by atoms with Crippen LogP contribution in [0.4, 0.5) is 0 Å². The lowest BCUT2D eigenvalue weighted by Gasteiger charge is -2.64. The molecule has 0 aromatic carbocycles. The molecular formula is C20H32O4. The SMILES string of the molecule is CC1(C)CCCC2(C)C1C(O)C=C1C(O)C3CC12CCC3(O)CO. The molecule has 4 aliphatic rings. The lowest BCUT2D eigenvalue weighted by Crippen LogP contribution is -2.60. The van der Waals surface area contributed by atoms with E-state index in [2.05, 4.69) is 20.8 Å². The van der Waals surface area contributed by atoms with Gasteiger partial charge < -0.3 is 20.4 Å². The summed E-state index contributed by atoms with van der Waals surface area (Å²) in [4.78, 5) is 0. The summed E-state index contributed by atoms with van der Waals surface area (Å²) in [6.45, 7) is 6.55. The highest BCUT2D eigenvalue weighted by atomic mass is 16.3. The molecule has 4 heteroatoms. The maximum atomic E-state index is 11.0. The van der Waals surface area contributed by atoms with Gasteiger partial charge in [0.05, 0.1) is 24.4 Å². The van der Waals surface area contributed by atoms with Crippen LogP contribution in [0.15, 0.2) is 11.6 Å². The van der Waals surface area contributed by atoms with Gasteiger partial charge in [-0.25, -0.2) is 0 Å². The summed E-state index contributed by atoms with van der Waals surface area (Å²) in [7, 11) is 0. The molecule has 0 radical (unpaired) electrons. The lowest BCUT2D eigenvalue weighted by atomic mass is 9.41. The van der Waals surface area contributed by atoms with Crippen LogP contribution in [0.25, 0.3) is 0 Å². The van der Waals surface area contributed by atoms with Crippen molar-refractivity contribution in [3.8, 4) is 0 Å². The molecule has 0 aliphatic heterocycles. The number of aliphatic hydroxyl groups is 4. The molecule has 0 amide bonds.